The Morgan fingerprint density at radius 3 is 2.85 bits per heavy atom. The van der Waals surface area contributed by atoms with E-state index in [0.29, 0.717) is 15.9 Å². The van der Waals surface area contributed by atoms with Crippen LogP contribution in [0, 0.1) is 5.92 Å². The molecule has 0 bridgehead atoms. The summed E-state index contributed by atoms with van der Waals surface area (Å²) >= 11 is 5.89. The SMILES string of the molecule is O=C(Nn1cnc2ccc(Cl)cc2c1=O)C1CCCC1. The van der Waals surface area contributed by atoms with Crippen molar-refractivity contribution in [3.63, 3.8) is 0 Å². The minimum atomic E-state index is -0.316. The zero-order chi connectivity index (χ0) is 14.1. The summed E-state index contributed by atoms with van der Waals surface area (Å²) in [7, 11) is 0. The lowest BCUT2D eigenvalue weighted by Gasteiger charge is -2.12. The van der Waals surface area contributed by atoms with Crippen molar-refractivity contribution in [2.45, 2.75) is 25.7 Å². The van der Waals surface area contributed by atoms with Crippen molar-refractivity contribution < 1.29 is 4.79 Å². The van der Waals surface area contributed by atoms with Gasteiger partial charge in [0.25, 0.3) is 5.56 Å². The Labute approximate surface area is 120 Å². The number of hydrogen-bond acceptors (Lipinski definition) is 3. The molecule has 6 heteroatoms. The Bertz CT molecular complexity index is 720. The molecular weight excluding hydrogens is 278 g/mol. The molecule has 1 amide bonds. The molecule has 0 atom stereocenters. The van der Waals surface area contributed by atoms with Gasteiger partial charge in [0.15, 0.2) is 0 Å². The second-order valence-corrected chi connectivity index (χ2v) is 5.48. The maximum atomic E-state index is 12.3. The van der Waals surface area contributed by atoms with Crippen molar-refractivity contribution >= 4 is 28.4 Å². The normalized spacial score (nSPS) is 15.7. The molecule has 0 radical (unpaired) electrons. The summed E-state index contributed by atoms with van der Waals surface area (Å²) in [6.45, 7) is 0. The van der Waals surface area contributed by atoms with Crippen molar-refractivity contribution in [2.75, 3.05) is 5.43 Å². The number of halogens is 1. The second-order valence-electron chi connectivity index (χ2n) is 5.04. The van der Waals surface area contributed by atoms with Crippen LogP contribution < -0.4 is 11.0 Å². The molecule has 0 spiro atoms. The first-order chi connectivity index (χ1) is 9.65. The Balaban J connectivity index is 1.93. The van der Waals surface area contributed by atoms with Crippen molar-refractivity contribution in [3.8, 4) is 0 Å². The molecule has 1 heterocycles. The molecule has 1 N–H and O–H groups in total. The zero-order valence-corrected chi connectivity index (χ0v) is 11.6. The van der Waals surface area contributed by atoms with E-state index in [2.05, 4.69) is 10.4 Å². The van der Waals surface area contributed by atoms with Crippen molar-refractivity contribution in [1.29, 1.82) is 0 Å². The smallest absolute Gasteiger partial charge is 0.273 e. The summed E-state index contributed by atoms with van der Waals surface area (Å²) in [6, 6.07) is 4.92. The van der Waals surface area contributed by atoms with Gasteiger partial charge in [-0.1, -0.05) is 24.4 Å². The highest BCUT2D eigenvalue weighted by atomic mass is 35.5. The summed E-state index contributed by atoms with van der Waals surface area (Å²) in [5.41, 5.74) is 2.87. The van der Waals surface area contributed by atoms with Gasteiger partial charge in [-0.05, 0) is 31.0 Å². The quantitative estimate of drug-likeness (QED) is 0.923. The molecule has 0 aliphatic heterocycles. The minimum Gasteiger partial charge on any atom is -0.273 e. The predicted molar refractivity (Wildman–Crippen MR) is 77.3 cm³/mol. The van der Waals surface area contributed by atoms with Crippen LogP contribution in [-0.2, 0) is 4.79 Å². The average molecular weight is 292 g/mol. The predicted octanol–water partition coefficient (Wildman–Crippen LogP) is 2.31. The largest absolute Gasteiger partial charge is 0.280 e. The molecule has 104 valence electrons. The second kappa shape index (κ2) is 5.25. The Kier molecular flexibility index (Phi) is 3.44. The van der Waals surface area contributed by atoms with Gasteiger partial charge in [0.05, 0.1) is 10.9 Å². The number of aromatic nitrogens is 2. The summed E-state index contributed by atoms with van der Waals surface area (Å²) in [4.78, 5) is 28.5. The molecule has 1 aromatic carbocycles. The Morgan fingerprint density at radius 1 is 1.35 bits per heavy atom. The number of amides is 1. The van der Waals surface area contributed by atoms with Gasteiger partial charge in [0.1, 0.15) is 6.33 Å². The number of benzene rings is 1. The van der Waals surface area contributed by atoms with Crippen molar-refractivity contribution in [2.24, 2.45) is 5.92 Å². The van der Waals surface area contributed by atoms with E-state index in [0.717, 1.165) is 30.4 Å². The number of carbonyl (C=O) groups is 1. The van der Waals surface area contributed by atoms with Crippen LogP contribution in [0.4, 0.5) is 0 Å². The van der Waals surface area contributed by atoms with Crippen LogP contribution in [0.3, 0.4) is 0 Å². The van der Waals surface area contributed by atoms with Gasteiger partial charge in [-0.15, -0.1) is 0 Å². The summed E-state index contributed by atoms with van der Waals surface area (Å²) < 4.78 is 1.14. The molecule has 5 nitrogen and oxygen atoms in total. The van der Waals surface area contributed by atoms with E-state index in [1.807, 2.05) is 0 Å². The molecule has 1 aliphatic carbocycles. The van der Waals surface area contributed by atoms with Gasteiger partial charge in [-0.2, -0.15) is 0 Å². The number of hydrogen-bond donors (Lipinski definition) is 1. The van der Waals surface area contributed by atoms with E-state index >= 15 is 0 Å². The van der Waals surface area contributed by atoms with Crippen LogP contribution in [0.15, 0.2) is 29.3 Å². The lowest BCUT2D eigenvalue weighted by atomic mass is 10.1. The van der Waals surface area contributed by atoms with E-state index in [1.54, 1.807) is 18.2 Å². The standard InChI is InChI=1S/C14H14ClN3O2/c15-10-5-6-12-11(7-10)14(20)18(8-16-12)17-13(19)9-3-1-2-4-9/h5-9H,1-4H2,(H,17,19). The highest BCUT2D eigenvalue weighted by Gasteiger charge is 2.23. The summed E-state index contributed by atoms with van der Waals surface area (Å²) in [5, 5.41) is 0.864. The average Bonchev–Trinajstić information content (AvgIpc) is 2.96. The fourth-order valence-electron chi connectivity index (χ4n) is 2.57. The lowest BCUT2D eigenvalue weighted by Crippen LogP contribution is -2.36. The molecule has 1 saturated carbocycles. The zero-order valence-electron chi connectivity index (χ0n) is 10.8. The molecule has 1 aromatic heterocycles. The third kappa shape index (κ3) is 2.41. The molecular formula is C14H14ClN3O2. The van der Waals surface area contributed by atoms with Crippen LogP contribution in [-0.4, -0.2) is 15.6 Å². The van der Waals surface area contributed by atoms with Gasteiger partial charge in [0.2, 0.25) is 5.91 Å². The Hall–Kier alpha value is -1.88. The number of nitrogens with one attached hydrogen (secondary N) is 1. The topological polar surface area (TPSA) is 64.0 Å². The van der Waals surface area contributed by atoms with Crippen molar-refractivity contribution in [1.82, 2.24) is 9.66 Å². The number of fused-ring (bicyclic) bond motifs is 1. The molecule has 1 aliphatic rings. The van der Waals surface area contributed by atoms with Crippen LogP contribution in [0.5, 0.6) is 0 Å². The first kappa shape index (κ1) is 13.1. The van der Waals surface area contributed by atoms with Gasteiger partial charge in [0, 0.05) is 10.9 Å². The number of carbonyl (C=O) groups excluding carboxylic acids is 1. The van der Waals surface area contributed by atoms with E-state index in [9.17, 15) is 9.59 Å². The highest BCUT2D eigenvalue weighted by molar-refractivity contribution is 6.31. The molecule has 3 rings (SSSR count). The maximum absolute atomic E-state index is 12.3. The first-order valence-corrected chi connectivity index (χ1v) is 7.01. The van der Waals surface area contributed by atoms with Crippen LogP contribution >= 0.6 is 11.6 Å². The third-order valence-electron chi connectivity index (χ3n) is 3.68. The van der Waals surface area contributed by atoms with E-state index in [4.69, 9.17) is 11.6 Å². The lowest BCUT2D eigenvalue weighted by molar-refractivity contribution is -0.120. The first-order valence-electron chi connectivity index (χ1n) is 6.63. The summed E-state index contributed by atoms with van der Waals surface area (Å²) in [6.07, 6.45) is 5.24. The minimum absolute atomic E-state index is 0.00282. The van der Waals surface area contributed by atoms with Crippen LogP contribution in [0.1, 0.15) is 25.7 Å². The fraction of sp³-hybridized carbons (Fsp3) is 0.357. The van der Waals surface area contributed by atoms with Gasteiger partial charge < -0.3 is 0 Å². The number of nitrogens with zero attached hydrogens (tertiary/aromatic N) is 2. The van der Waals surface area contributed by atoms with Gasteiger partial charge >= 0.3 is 0 Å². The highest BCUT2D eigenvalue weighted by Crippen LogP contribution is 2.24. The van der Waals surface area contributed by atoms with E-state index in [1.165, 1.54) is 6.33 Å². The van der Waals surface area contributed by atoms with Gasteiger partial charge in [-0.3, -0.25) is 15.0 Å². The van der Waals surface area contributed by atoms with E-state index in [-0.39, 0.29) is 17.4 Å². The van der Waals surface area contributed by atoms with Crippen LogP contribution in [0.25, 0.3) is 10.9 Å². The number of rotatable bonds is 2. The van der Waals surface area contributed by atoms with Crippen molar-refractivity contribution in [3.05, 3.63) is 39.9 Å². The van der Waals surface area contributed by atoms with Gasteiger partial charge in [-0.25, -0.2) is 9.66 Å². The molecule has 0 saturated heterocycles. The molecule has 0 unspecified atom stereocenters. The molecule has 2 aromatic rings. The molecule has 20 heavy (non-hydrogen) atoms. The molecule has 1 fully saturated rings. The van der Waals surface area contributed by atoms with Crippen LogP contribution in [0.2, 0.25) is 5.02 Å². The Morgan fingerprint density at radius 2 is 2.10 bits per heavy atom. The summed E-state index contributed by atoms with van der Waals surface area (Å²) in [5.74, 6) is -0.121. The third-order valence-corrected chi connectivity index (χ3v) is 3.91. The van der Waals surface area contributed by atoms with E-state index < -0.39 is 0 Å². The fourth-order valence-corrected chi connectivity index (χ4v) is 2.74. The maximum Gasteiger partial charge on any atom is 0.280 e. The monoisotopic (exact) mass is 291 g/mol.